The molecule has 2 aliphatic heterocycles. The molecular formula is C31H35NO7S. The van der Waals surface area contributed by atoms with Crippen LogP contribution in [0.5, 0.6) is 17.2 Å². The third-order valence-corrected chi connectivity index (χ3v) is 8.08. The van der Waals surface area contributed by atoms with Crippen molar-refractivity contribution in [3.63, 3.8) is 0 Å². The highest BCUT2D eigenvalue weighted by atomic mass is 32.2. The lowest BCUT2D eigenvalue weighted by molar-refractivity contribution is -0.140. The van der Waals surface area contributed by atoms with Gasteiger partial charge in [-0.15, -0.1) is 0 Å². The van der Waals surface area contributed by atoms with E-state index >= 15 is 0 Å². The molecule has 0 aliphatic carbocycles. The molecule has 1 fully saturated rings. The number of fused-ring (bicyclic) bond motifs is 1. The fourth-order valence-corrected chi connectivity index (χ4v) is 5.55. The molecule has 2 aliphatic rings. The average molecular weight is 566 g/mol. The van der Waals surface area contributed by atoms with Gasteiger partial charge in [0.25, 0.3) is 11.1 Å². The van der Waals surface area contributed by atoms with Gasteiger partial charge in [0.05, 0.1) is 4.91 Å². The summed E-state index contributed by atoms with van der Waals surface area (Å²) in [7, 11) is 0. The predicted molar refractivity (Wildman–Crippen MR) is 155 cm³/mol. The highest BCUT2D eigenvalue weighted by Gasteiger charge is 2.37. The number of carbonyl (C=O) groups is 3. The van der Waals surface area contributed by atoms with Crippen LogP contribution >= 0.6 is 11.8 Å². The molecule has 0 spiro atoms. The molecule has 2 aromatic carbocycles. The van der Waals surface area contributed by atoms with E-state index in [9.17, 15) is 14.4 Å². The topological polar surface area (TPSA) is 102 Å². The Kier molecular flexibility index (Phi) is 8.63. The van der Waals surface area contributed by atoms with E-state index in [4.69, 9.17) is 19.3 Å². The number of carbonyl (C=O) groups excluding carboxylic acids is 2. The van der Waals surface area contributed by atoms with Crippen molar-refractivity contribution in [1.29, 1.82) is 0 Å². The summed E-state index contributed by atoms with van der Waals surface area (Å²) in [6.45, 7) is 12.7. The van der Waals surface area contributed by atoms with Gasteiger partial charge >= 0.3 is 5.97 Å². The number of amides is 2. The van der Waals surface area contributed by atoms with E-state index in [0.29, 0.717) is 24.5 Å². The first kappa shape index (κ1) is 29.3. The summed E-state index contributed by atoms with van der Waals surface area (Å²) in [5.41, 5.74) is 5.88. The molecule has 40 heavy (non-hydrogen) atoms. The Balaban J connectivity index is 1.42. The SMILES string of the molecule is CC(C)=CCOc1c(C)c(C)c2c(c1C)CCC(C)(COc1ccc(C=C3SC(=O)N(CC(=O)O)C3=O)cc1)O2. The van der Waals surface area contributed by atoms with Crippen molar-refractivity contribution in [2.24, 2.45) is 0 Å². The number of carboxylic acid groups (broad SMARTS) is 1. The van der Waals surface area contributed by atoms with Crippen molar-refractivity contribution in [3.8, 4) is 17.2 Å². The maximum Gasteiger partial charge on any atom is 0.323 e. The van der Waals surface area contributed by atoms with Gasteiger partial charge in [-0.05, 0) is 113 Å². The molecule has 1 N–H and O–H groups in total. The Labute approximate surface area is 239 Å². The molecule has 1 atom stereocenters. The Morgan fingerprint density at radius 1 is 1.10 bits per heavy atom. The number of allylic oxidation sites excluding steroid dienone is 1. The van der Waals surface area contributed by atoms with Gasteiger partial charge in [-0.25, -0.2) is 0 Å². The fraction of sp³-hybridized carbons (Fsp3) is 0.387. The zero-order chi connectivity index (χ0) is 29.2. The Morgan fingerprint density at radius 3 is 2.45 bits per heavy atom. The molecule has 2 heterocycles. The molecule has 2 aromatic rings. The second-order valence-electron chi connectivity index (χ2n) is 10.7. The van der Waals surface area contributed by atoms with Crippen LogP contribution in [-0.4, -0.2) is 52.5 Å². The van der Waals surface area contributed by atoms with Gasteiger partial charge < -0.3 is 19.3 Å². The molecule has 8 nitrogen and oxygen atoms in total. The van der Waals surface area contributed by atoms with Crippen LogP contribution in [0.25, 0.3) is 6.08 Å². The standard InChI is InChI=1S/C31H35NO7S/c1-18(2)12-14-37-27-19(3)20(4)28-24(21(27)5)11-13-31(6,39-28)17-38-23-9-7-22(8-10-23)15-25-29(35)32(16-26(33)34)30(36)40-25/h7-10,12,15H,11,13-14,16-17H2,1-6H3,(H,33,34). The zero-order valence-corrected chi connectivity index (χ0v) is 24.6. The van der Waals surface area contributed by atoms with Crippen molar-refractivity contribution in [1.82, 2.24) is 4.90 Å². The molecular weight excluding hydrogens is 530 g/mol. The smallest absolute Gasteiger partial charge is 0.323 e. The van der Waals surface area contributed by atoms with Gasteiger partial charge in [-0.1, -0.05) is 17.7 Å². The first-order valence-electron chi connectivity index (χ1n) is 13.2. The second kappa shape index (κ2) is 11.8. The minimum Gasteiger partial charge on any atom is -0.489 e. The van der Waals surface area contributed by atoms with Crippen LogP contribution in [-0.2, 0) is 16.0 Å². The lowest BCUT2D eigenvalue weighted by Crippen LogP contribution is -2.42. The van der Waals surface area contributed by atoms with E-state index in [1.54, 1.807) is 30.3 Å². The molecule has 0 saturated carbocycles. The van der Waals surface area contributed by atoms with Crippen molar-refractivity contribution < 1.29 is 33.7 Å². The molecule has 0 radical (unpaired) electrons. The van der Waals surface area contributed by atoms with Crippen LogP contribution in [0.2, 0.25) is 0 Å². The van der Waals surface area contributed by atoms with Gasteiger partial charge in [-0.2, -0.15) is 0 Å². The summed E-state index contributed by atoms with van der Waals surface area (Å²) in [6, 6.07) is 7.16. The molecule has 9 heteroatoms. The van der Waals surface area contributed by atoms with E-state index in [0.717, 1.165) is 57.7 Å². The number of benzene rings is 2. The van der Waals surface area contributed by atoms with Gasteiger partial charge in [0.2, 0.25) is 0 Å². The molecule has 0 aromatic heterocycles. The summed E-state index contributed by atoms with van der Waals surface area (Å²) in [5, 5.41) is 8.33. The van der Waals surface area contributed by atoms with Crippen LogP contribution in [0.15, 0.2) is 40.8 Å². The number of hydrogen-bond donors (Lipinski definition) is 1. The highest BCUT2D eigenvalue weighted by Crippen LogP contribution is 2.44. The maximum atomic E-state index is 12.4. The van der Waals surface area contributed by atoms with Crippen molar-refractivity contribution in [2.45, 2.75) is 60.0 Å². The number of rotatable bonds is 9. The van der Waals surface area contributed by atoms with Crippen LogP contribution in [0, 0.1) is 20.8 Å². The Morgan fingerprint density at radius 2 is 1.80 bits per heavy atom. The summed E-state index contributed by atoms with van der Waals surface area (Å²) >= 11 is 0.731. The molecule has 1 unspecified atom stereocenters. The number of thioether (sulfide) groups is 1. The number of imide groups is 1. The Bertz CT molecular complexity index is 1410. The van der Waals surface area contributed by atoms with E-state index in [-0.39, 0.29) is 4.91 Å². The van der Waals surface area contributed by atoms with Gasteiger partial charge in [0.15, 0.2) is 0 Å². The van der Waals surface area contributed by atoms with E-state index in [1.807, 2.05) is 0 Å². The minimum atomic E-state index is -1.24. The van der Waals surface area contributed by atoms with Crippen LogP contribution < -0.4 is 14.2 Å². The lowest BCUT2D eigenvalue weighted by Gasteiger charge is -2.38. The lowest BCUT2D eigenvalue weighted by atomic mass is 9.87. The third kappa shape index (κ3) is 6.36. The maximum absolute atomic E-state index is 12.4. The summed E-state index contributed by atoms with van der Waals surface area (Å²) in [6.07, 6.45) is 5.30. The fourth-order valence-electron chi connectivity index (χ4n) is 4.71. The molecule has 1 saturated heterocycles. The normalized spacial score (nSPS) is 19.4. The first-order valence-corrected chi connectivity index (χ1v) is 14.0. The number of aliphatic carboxylic acids is 1. The van der Waals surface area contributed by atoms with E-state index in [1.165, 1.54) is 11.1 Å². The molecule has 0 bridgehead atoms. The molecule has 4 rings (SSSR count). The number of carboxylic acids is 1. The third-order valence-electron chi connectivity index (χ3n) is 7.17. The van der Waals surface area contributed by atoms with Crippen molar-refractivity contribution >= 4 is 35.0 Å². The number of ether oxygens (including phenoxy) is 3. The quantitative estimate of drug-likeness (QED) is 0.282. The predicted octanol–water partition coefficient (Wildman–Crippen LogP) is 6.24. The summed E-state index contributed by atoms with van der Waals surface area (Å²) in [5.74, 6) is 0.656. The average Bonchev–Trinajstić information content (AvgIpc) is 3.15. The minimum absolute atomic E-state index is 0.188. The molecule has 212 valence electrons. The first-order chi connectivity index (χ1) is 18.9. The number of hydrogen-bond acceptors (Lipinski definition) is 7. The van der Waals surface area contributed by atoms with Crippen molar-refractivity contribution in [3.05, 3.63) is 68.6 Å². The monoisotopic (exact) mass is 565 g/mol. The van der Waals surface area contributed by atoms with Crippen LogP contribution in [0.1, 0.15) is 55.0 Å². The Hall–Kier alpha value is -3.72. The highest BCUT2D eigenvalue weighted by molar-refractivity contribution is 8.18. The van der Waals surface area contributed by atoms with Crippen LogP contribution in [0.3, 0.4) is 0 Å². The van der Waals surface area contributed by atoms with E-state index in [2.05, 4.69) is 47.6 Å². The summed E-state index contributed by atoms with van der Waals surface area (Å²) in [4.78, 5) is 36.2. The van der Waals surface area contributed by atoms with E-state index < -0.39 is 29.3 Å². The zero-order valence-electron chi connectivity index (χ0n) is 23.8. The molecule has 2 amide bonds. The van der Waals surface area contributed by atoms with Crippen LogP contribution in [0.4, 0.5) is 4.79 Å². The largest absolute Gasteiger partial charge is 0.489 e. The second-order valence-corrected chi connectivity index (χ2v) is 11.7. The van der Waals surface area contributed by atoms with Gasteiger partial charge in [0.1, 0.15) is 42.6 Å². The van der Waals surface area contributed by atoms with Crippen molar-refractivity contribution in [2.75, 3.05) is 19.8 Å². The van der Waals surface area contributed by atoms with Gasteiger partial charge in [0, 0.05) is 5.56 Å². The number of nitrogens with zero attached hydrogens (tertiary/aromatic N) is 1. The van der Waals surface area contributed by atoms with Gasteiger partial charge in [-0.3, -0.25) is 19.3 Å². The summed E-state index contributed by atoms with van der Waals surface area (Å²) < 4.78 is 18.8.